The molecule has 0 spiro atoms. The fraction of sp³-hybridized carbons (Fsp3) is 0.360. The summed E-state index contributed by atoms with van der Waals surface area (Å²) in [5, 5.41) is 6.50. The van der Waals surface area contributed by atoms with E-state index in [4.69, 9.17) is 16.3 Å². The number of anilines is 1. The second-order valence-corrected chi connectivity index (χ2v) is 9.70. The summed E-state index contributed by atoms with van der Waals surface area (Å²) in [5.74, 6) is -3.16. The van der Waals surface area contributed by atoms with Crippen LogP contribution in [0.2, 0.25) is 5.02 Å². The number of ether oxygens (including phenoxy) is 1. The number of amides is 4. The molecule has 2 aliphatic rings. The molecule has 9 nitrogen and oxygen atoms in total. The Balaban J connectivity index is 1.24. The summed E-state index contributed by atoms with van der Waals surface area (Å²) in [6, 6.07) is 3.68. The quantitative estimate of drug-likeness (QED) is 0.427. The van der Waals surface area contributed by atoms with Crippen LogP contribution in [0.4, 0.5) is 28.4 Å². The topological polar surface area (TPSA) is 92.6 Å². The molecule has 1 N–H and O–H groups in total. The van der Waals surface area contributed by atoms with Gasteiger partial charge in [0.2, 0.25) is 5.92 Å². The van der Waals surface area contributed by atoms with E-state index >= 15 is 0 Å². The second kappa shape index (κ2) is 10.2. The Bertz CT molecular complexity index is 1370. The van der Waals surface area contributed by atoms with Crippen LogP contribution in [0.5, 0.6) is 11.5 Å². The molecule has 2 aromatic heterocycles. The molecule has 5 rings (SSSR count). The van der Waals surface area contributed by atoms with Crippen LogP contribution in [0.3, 0.4) is 0 Å². The van der Waals surface area contributed by atoms with Gasteiger partial charge in [0.05, 0.1) is 22.6 Å². The third kappa shape index (κ3) is 5.40. The minimum atomic E-state index is -2.72. The number of rotatable bonds is 5. The summed E-state index contributed by atoms with van der Waals surface area (Å²) in [6.07, 6.45) is 4.71. The number of urea groups is 2. The number of pyridine rings is 1. The number of imide groups is 1. The first-order valence-corrected chi connectivity index (χ1v) is 12.4. The maximum absolute atomic E-state index is 14.9. The van der Waals surface area contributed by atoms with Crippen LogP contribution in [0.25, 0.3) is 11.3 Å². The molecule has 1 aromatic carbocycles. The lowest BCUT2D eigenvalue weighted by Gasteiger charge is -2.34. The summed E-state index contributed by atoms with van der Waals surface area (Å²) >= 11 is 6.31. The van der Waals surface area contributed by atoms with Crippen molar-refractivity contribution in [3.05, 3.63) is 53.7 Å². The first-order chi connectivity index (χ1) is 18.1. The molecular weight excluding hydrogens is 525 g/mol. The zero-order valence-electron chi connectivity index (χ0n) is 20.3. The Morgan fingerprint density at radius 3 is 2.68 bits per heavy atom. The molecule has 0 atom stereocenters. The van der Waals surface area contributed by atoms with Gasteiger partial charge in [-0.15, -0.1) is 0 Å². The lowest BCUT2D eigenvalue weighted by Crippen LogP contribution is -2.45. The van der Waals surface area contributed by atoms with Crippen molar-refractivity contribution >= 4 is 29.4 Å². The van der Waals surface area contributed by atoms with Crippen molar-refractivity contribution < 1.29 is 27.5 Å². The highest BCUT2D eigenvalue weighted by atomic mass is 35.5. The van der Waals surface area contributed by atoms with E-state index < -0.39 is 23.8 Å². The van der Waals surface area contributed by atoms with Crippen molar-refractivity contribution in [2.45, 2.75) is 37.6 Å². The zero-order chi connectivity index (χ0) is 27.0. The van der Waals surface area contributed by atoms with Crippen molar-refractivity contribution in [1.29, 1.82) is 0 Å². The molecule has 1 aliphatic heterocycles. The molecule has 0 bridgehead atoms. The molecule has 1 saturated carbocycles. The van der Waals surface area contributed by atoms with E-state index in [0.717, 1.165) is 16.5 Å². The Hall–Kier alpha value is -3.80. The standard InChI is InChI=1S/C25H24ClF3N6O3/c1-33-14-15(13-31-33)20-10-17(4-7-30-20)38-22-12-19(27)21(11-18(22)26)32-23(36)35-9-8-34(24(35)37)16-2-5-25(28,29)6-3-16/h4,7,10-14,16H,2-3,5-6,8-9H2,1H3,(H,32,36). The van der Waals surface area contributed by atoms with Gasteiger partial charge in [0.25, 0.3) is 0 Å². The van der Waals surface area contributed by atoms with E-state index in [1.807, 2.05) is 0 Å². The first kappa shape index (κ1) is 25.8. The van der Waals surface area contributed by atoms with Gasteiger partial charge in [0, 0.05) is 69.1 Å². The highest BCUT2D eigenvalue weighted by molar-refractivity contribution is 6.32. The molecule has 3 heterocycles. The average Bonchev–Trinajstić information content (AvgIpc) is 3.48. The summed E-state index contributed by atoms with van der Waals surface area (Å²) < 4.78 is 49.3. The van der Waals surface area contributed by atoms with Gasteiger partial charge < -0.3 is 15.0 Å². The average molecular weight is 549 g/mol. The number of carbonyl (C=O) groups is 2. The number of benzene rings is 1. The molecule has 200 valence electrons. The Labute approximate surface area is 221 Å². The molecule has 13 heteroatoms. The molecular formula is C25H24ClF3N6O3. The van der Waals surface area contributed by atoms with Crippen LogP contribution in [0, 0.1) is 5.82 Å². The van der Waals surface area contributed by atoms with Gasteiger partial charge in [0.1, 0.15) is 11.5 Å². The summed E-state index contributed by atoms with van der Waals surface area (Å²) in [5.41, 5.74) is 1.13. The predicted molar refractivity (Wildman–Crippen MR) is 133 cm³/mol. The SMILES string of the molecule is Cn1cc(-c2cc(Oc3cc(F)c(NC(=O)N4CCN(C5CCC(F)(F)CC5)C4=O)cc3Cl)ccn2)cn1. The number of hydrogen-bond donors (Lipinski definition) is 1. The van der Waals surface area contributed by atoms with Crippen LogP contribution >= 0.6 is 11.6 Å². The van der Waals surface area contributed by atoms with Gasteiger partial charge in [-0.1, -0.05) is 11.6 Å². The normalized spacial score (nSPS) is 17.7. The fourth-order valence-corrected chi connectivity index (χ4v) is 4.82. The lowest BCUT2D eigenvalue weighted by atomic mass is 9.91. The van der Waals surface area contributed by atoms with Crippen LogP contribution < -0.4 is 10.1 Å². The predicted octanol–water partition coefficient (Wildman–Crippen LogP) is 5.91. The summed E-state index contributed by atoms with van der Waals surface area (Å²) in [7, 11) is 1.78. The van der Waals surface area contributed by atoms with E-state index in [2.05, 4.69) is 15.4 Å². The molecule has 0 radical (unpaired) electrons. The van der Waals surface area contributed by atoms with Crippen LogP contribution in [-0.2, 0) is 7.05 Å². The van der Waals surface area contributed by atoms with Gasteiger partial charge in [-0.05, 0) is 25.0 Å². The third-order valence-electron chi connectivity index (χ3n) is 6.64. The van der Waals surface area contributed by atoms with Crippen LogP contribution in [0.1, 0.15) is 25.7 Å². The van der Waals surface area contributed by atoms with Crippen LogP contribution in [0.15, 0.2) is 42.9 Å². The van der Waals surface area contributed by atoms with Gasteiger partial charge in [-0.3, -0.25) is 9.67 Å². The van der Waals surface area contributed by atoms with Gasteiger partial charge in [0.15, 0.2) is 5.82 Å². The number of nitrogens with one attached hydrogen (secondary N) is 1. The zero-order valence-corrected chi connectivity index (χ0v) is 21.1. The fourth-order valence-electron chi connectivity index (χ4n) is 4.62. The van der Waals surface area contributed by atoms with Gasteiger partial charge >= 0.3 is 12.1 Å². The van der Waals surface area contributed by atoms with E-state index in [-0.39, 0.29) is 61.3 Å². The maximum atomic E-state index is 14.9. The molecule has 3 aromatic rings. The molecule has 38 heavy (non-hydrogen) atoms. The lowest BCUT2D eigenvalue weighted by molar-refractivity contribution is -0.0483. The number of aryl methyl sites for hydroxylation is 1. The largest absolute Gasteiger partial charge is 0.456 e. The van der Waals surface area contributed by atoms with Crippen molar-refractivity contribution in [1.82, 2.24) is 24.6 Å². The van der Waals surface area contributed by atoms with Gasteiger partial charge in [-0.25, -0.2) is 27.7 Å². The van der Waals surface area contributed by atoms with Crippen molar-refractivity contribution in [2.75, 3.05) is 18.4 Å². The van der Waals surface area contributed by atoms with Crippen molar-refractivity contribution in [3.63, 3.8) is 0 Å². The summed E-state index contributed by atoms with van der Waals surface area (Å²) in [4.78, 5) is 32.2. The number of aromatic nitrogens is 3. The van der Waals surface area contributed by atoms with E-state index in [9.17, 15) is 22.8 Å². The number of alkyl halides is 2. The minimum absolute atomic E-state index is 0.0167. The van der Waals surface area contributed by atoms with Crippen LogP contribution in [-0.4, -0.2) is 61.7 Å². The van der Waals surface area contributed by atoms with Crippen molar-refractivity contribution in [3.8, 4) is 22.8 Å². The molecule has 0 unspecified atom stereocenters. The number of carbonyl (C=O) groups excluding carboxylic acids is 2. The highest BCUT2D eigenvalue weighted by Crippen LogP contribution is 2.37. The third-order valence-corrected chi connectivity index (χ3v) is 6.93. The van der Waals surface area contributed by atoms with E-state index in [1.54, 1.807) is 36.3 Å². The minimum Gasteiger partial charge on any atom is -0.456 e. The Morgan fingerprint density at radius 1 is 1.21 bits per heavy atom. The maximum Gasteiger partial charge on any atom is 0.330 e. The molecule has 2 fully saturated rings. The number of halogens is 4. The van der Waals surface area contributed by atoms with Gasteiger partial charge in [-0.2, -0.15) is 5.10 Å². The number of hydrogen-bond acceptors (Lipinski definition) is 5. The molecule has 1 aliphatic carbocycles. The van der Waals surface area contributed by atoms with E-state index in [0.29, 0.717) is 11.4 Å². The Kier molecular flexibility index (Phi) is 6.91. The highest BCUT2D eigenvalue weighted by Gasteiger charge is 2.42. The summed E-state index contributed by atoms with van der Waals surface area (Å²) in [6.45, 7) is 0.293. The van der Waals surface area contributed by atoms with E-state index in [1.165, 1.54) is 17.2 Å². The molecule has 4 amide bonds. The van der Waals surface area contributed by atoms with Crippen molar-refractivity contribution in [2.24, 2.45) is 7.05 Å². The smallest absolute Gasteiger partial charge is 0.330 e. The second-order valence-electron chi connectivity index (χ2n) is 9.29. The monoisotopic (exact) mass is 548 g/mol. The Morgan fingerprint density at radius 2 is 1.97 bits per heavy atom. The molecule has 1 saturated heterocycles. The number of nitrogens with zero attached hydrogens (tertiary/aromatic N) is 5. The first-order valence-electron chi connectivity index (χ1n) is 12.0.